The molecule has 4 rings (SSSR count). The molecule has 0 aliphatic heterocycles. The number of nitrogens with one attached hydrogen (secondary N) is 1. The molecule has 2 heterocycles. The van der Waals surface area contributed by atoms with Crippen LogP contribution in [0.4, 0.5) is 0 Å². The van der Waals surface area contributed by atoms with Gasteiger partial charge in [0.05, 0.1) is 12.1 Å². The maximum atomic E-state index is 12.9. The Hall–Kier alpha value is -4.07. The average Bonchev–Trinajstić information content (AvgIpc) is 3.09. The van der Waals surface area contributed by atoms with E-state index in [4.69, 9.17) is 19.0 Å². The number of carboxylic acids is 1. The van der Waals surface area contributed by atoms with Crippen LogP contribution in [0.1, 0.15) is 17.3 Å². The van der Waals surface area contributed by atoms with E-state index in [0.717, 1.165) is 0 Å². The third-order valence-corrected chi connectivity index (χ3v) is 4.50. The Morgan fingerprint density at radius 1 is 1.13 bits per heavy atom. The number of ether oxygens (including phenoxy) is 2. The van der Waals surface area contributed by atoms with Crippen LogP contribution in [0.25, 0.3) is 33.2 Å². The highest BCUT2D eigenvalue weighted by Crippen LogP contribution is 2.36. The van der Waals surface area contributed by atoms with Crippen molar-refractivity contribution in [1.82, 2.24) is 4.98 Å². The smallest absolute Gasteiger partial charge is 0.344 e. The Morgan fingerprint density at radius 2 is 1.93 bits per heavy atom. The van der Waals surface area contributed by atoms with Gasteiger partial charge in [-0.05, 0) is 36.8 Å². The van der Waals surface area contributed by atoms with Crippen LogP contribution in [0.2, 0.25) is 0 Å². The SMILES string of the molecule is CCOC(=O)c1c(-c2cccc(OCC(=O)O)c2)c2oc3ccccc3c2[nH]c1=O. The van der Waals surface area contributed by atoms with Crippen molar-refractivity contribution in [2.75, 3.05) is 13.2 Å². The van der Waals surface area contributed by atoms with Gasteiger partial charge < -0.3 is 24.0 Å². The molecule has 0 spiro atoms. The number of rotatable bonds is 6. The molecule has 8 heteroatoms. The van der Waals surface area contributed by atoms with Crippen molar-refractivity contribution in [2.24, 2.45) is 0 Å². The Bertz CT molecular complexity index is 1330. The van der Waals surface area contributed by atoms with Crippen molar-refractivity contribution in [3.63, 3.8) is 0 Å². The number of carbonyl (C=O) groups excluding carboxylic acids is 1. The van der Waals surface area contributed by atoms with Crippen LogP contribution < -0.4 is 10.3 Å². The summed E-state index contributed by atoms with van der Waals surface area (Å²) in [7, 11) is 0. The second-order valence-corrected chi connectivity index (χ2v) is 6.44. The quantitative estimate of drug-likeness (QED) is 0.469. The highest BCUT2D eigenvalue weighted by atomic mass is 16.5. The molecule has 0 atom stereocenters. The Kier molecular flexibility index (Phi) is 4.97. The van der Waals surface area contributed by atoms with Gasteiger partial charge in [0.25, 0.3) is 5.56 Å². The van der Waals surface area contributed by atoms with Crippen molar-refractivity contribution >= 4 is 34.0 Å². The molecule has 0 unspecified atom stereocenters. The van der Waals surface area contributed by atoms with Crippen LogP contribution in [0, 0.1) is 0 Å². The van der Waals surface area contributed by atoms with Crippen LogP contribution >= 0.6 is 0 Å². The number of furan rings is 1. The van der Waals surface area contributed by atoms with Gasteiger partial charge >= 0.3 is 11.9 Å². The molecular weight excluding hydrogens is 390 g/mol. The lowest BCUT2D eigenvalue weighted by Gasteiger charge is -2.11. The molecule has 30 heavy (non-hydrogen) atoms. The zero-order valence-corrected chi connectivity index (χ0v) is 15.9. The highest BCUT2D eigenvalue weighted by molar-refractivity contribution is 6.12. The summed E-state index contributed by atoms with van der Waals surface area (Å²) in [6, 6.07) is 13.6. The molecule has 0 saturated carbocycles. The Labute approximate surface area is 169 Å². The van der Waals surface area contributed by atoms with Gasteiger partial charge in [-0.25, -0.2) is 9.59 Å². The van der Waals surface area contributed by atoms with Gasteiger partial charge in [-0.3, -0.25) is 4.79 Å². The molecule has 0 bridgehead atoms. The van der Waals surface area contributed by atoms with Crippen LogP contribution in [-0.2, 0) is 9.53 Å². The van der Waals surface area contributed by atoms with E-state index in [2.05, 4.69) is 4.98 Å². The standard InChI is InChI=1S/C22H17NO7/c1-2-28-22(27)18-17(12-6-5-7-13(10-12)29-11-16(24)25)20-19(23-21(18)26)14-8-3-4-9-15(14)30-20/h3-10H,2,11H2,1H3,(H,23,26)(H,24,25). The number of carboxylic acid groups (broad SMARTS) is 1. The first-order chi connectivity index (χ1) is 14.5. The van der Waals surface area contributed by atoms with Gasteiger partial charge in [-0.1, -0.05) is 24.3 Å². The molecule has 0 aliphatic rings. The summed E-state index contributed by atoms with van der Waals surface area (Å²) in [5.41, 5.74) is 1.21. The zero-order chi connectivity index (χ0) is 21.3. The predicted octanol–water partition coefficient (Wildman–Crippen LogP) is 3.58. The number of aliphatic carboxylic acids is 1. The fraction of sp³-hybridized carbons (Fsp3) is 0.136. The molecule has 2 aromatic carbocycles. The van der Waals surface area contributed by atoms with Crippen molar-refractivity contribution in [3.8, 4) is 16.9 Å². The molecule has 0 aliphatic carbocycles. The van der Waals surface area contributed by atoms with Crippen LogP contribution in [0.5, 0.6) is 5.75 Å². The number of para-hydroxylation sites is 1. The number of hydrogen-bond acceptors (Lipinski definition) is 6. The van der Waals surface area contributed by atoms with Crippen molar-refractivity contribution in [2.45, 2.75) is 6.92 Å². The highest BCUT2D eigenvalue weighted by Gasteiger charge is 2.25. The van der Waals surface area contributed by atoms with Gasteiger partial charge in [0.1, 0.15) is 16.9 Å². The lowest BCUT2D eigenvalue weighted by atomic mass is 9.99. The maximum absolute atomic E-state index is 12.9. The Morgan fingerprint density at radius 3 is 2.70 bits per heavy atom. The van der Waals surface area contributed by atoms with E-state index in [-0.39, 0.29) is 23.5 Å². The van der Waals surface area contributed by atoms with E-state index in [1.54, 1.807) is 49.4 Å². The minimum Gasteiger partial charge on any atom is -0.482 e. The molecule has 4 aromatic rings. The number of fused-ring (bicyclic) bond motifs is 3. The molecule has 0 radical (unpaired) electrons. The molecule has 2 N–H and O–H groups in total. The lowest BCUT2D eigenvalue weighted by Crippen LogP contribution is -2.21. The summed E-state index contributed by atoms with van der Waals surface area (Å²) >= 11 is 0. The van der Waals surface area contributed by atoms with Gasteiger partial charge in [0, 0.05) is 10.9 Å². The van der Waals surface area contributed by atoms with Gasteiger partial charge in [0.15, 0.2) is 12.2 Å². The molecule has 152 valence electrons. The second kappa shape index (κ2) is 7.75. The summed E-state index contributed by atoms with van der Waals surface area (Å²) in [6.07, 6.45) is 0. The van der Waals surface area contributed by atoms with Gasteiger partial charge in [-0.15, -0.1) is 0 Å². The van der Waals surface area contributed by atoms with E-state index >= 15 is 0 Å². The number of carbonyl (C=O) groups is 2. The van der Waals surface area contributed by atoms with Gasteiger partial charge in [0.2, 0.25) is 0 Å². The second-order valence-electron chi connectivity index (χ2n) is 6.44. The normalized spacial score (nSPS) is 11.0. The van der Waals surface area contributed by atoms with Crippen LogP contribution in [0.15, 0.2) is 57.7 Å². The largest absolute Gasteiger partial charge is 0.482 e. The number of aromatic amines is 1. The number of pyridine rings is 1. The van der Waals surface area contributed by atoms with E-state index < -0.39 is 24.1 Å². The monoisotopic (exact) mass is 407 g/mol. The zero-order valence-electron chi connectivity index (χ0n) is 15.9. The molecule has 0 amide bonds. The summed E-state index contributed by atoms with van der Waals surface area (Å²) < 4.78 is 16.3. The lowest BCUT2D eigenvalue weighted by molar-refractivity contribution is -0.139. The number of hydrogen-bond donors (Lipinski definition) is 2. The number of esters is 1. The number of aromatic nitrogens is 1. The number of benzene rings is 2. The van der Waals surface area contributed by atoms with E-state index in [1.165, 1.54) is 0 Å². The fourth-order valence-electron chi connectivity index (χ4n) is 3.31. The summed E-state index contributed by atoms with van der Waals surface area (Å²) in [4.78, 5) is 39.0. The first-order valence-corrected chi connectivity index (χ1v) is 9.19. The molecule has 8 nitrogen and oxygen atoms in total. The van der Waals surface area contributed by atoms with Crippen molar-refractivity contribution in [1.29, 1.82) is 0 Å². The third-order valence-electron chi connectivity index (χ3n) is 4.50. The first-order valence-electron chi connectivity index (χ1n) is 9.19. The fourth-order valence-corrected chi connectivity index (χ4v) is 3.31. The molecular formula is C22H17NO7. The van der Waals surface area contributed by atoms with Crippen LogP contribution in [-0.4, -0.2) is 35.2 Å². The number of H-pyrrole nitrogens is 1. The maximum Gasteiger partial charge on any atom is 0.344 e. The molecule has 0 fully saturated rings. The van der Waals surface area contributed by atoms with Gasteiger partial charge in [-0.2, -0.15) is 0 Å². The van der Waals surface area contributed by atoms with E-state index in [9.17, 15) is 14.4 Å². The molecule has 2 aromatic heterocycles. The van der Waals surface area contributed by atoms with E-state index in [0.29, 0.717) is 27.6 Å². The molecule has 0 saturated heterocycles. The topological polar surface area (TPSA) is 119 Å². The summed E-state index contributed by atoms with van der Waals surface area (Å²) in [6.45, 7) is 1.22. The minimum atomic E-state index is -1.12. The van der Waals surface area contributed by atoms with Crippen molar-refractivity contribution < 1.29 is 28.6 Å². The van der Waals surface area contributed by atoms with Crippen LogP contribution in [0.3, 0.4) is 0 Å². The predicted molar refractivity (Wildman–Crippen MR) is 109 cm³/mol. The third kappa shape index (κ3) is 3.39. The Balaban J connectivity index is 2.02. The average molecular weight is 407 g/mol. The minimum absolute atomic E-state index is 0.0949. The van der Waals surface area contributed by atoms with E-state index in [1.807, 2.05) is 6.07 Å². The summed E-state index contributed by atoms with van der Waals surface area (Å²) in [5.74, 6) is -1.63. The summed E-state index contributed by atoms with van der Waals surface area (Å²) in [5, 5.41) is 9.54. The first kappa shape index (κ1) is 19.3. The van der Waals surface area contributed by atoms with Crippen molar-refractivity contribution in [3.05, 3.63) is 64.4 Å².